The Morgan fingerprint density at radius 3 is 2.70 bits per heavy atom. The summed E-state index contributed by atoms with van der Waals surface area (Å²) in [5.74, 6) is 2.32. The second-order valence-corrected chi connectivity index (χ2v) is 6.79. The highest BCUT2D eigenvalue weighted by Gasteiger charge is 2.17. The van der Waals surface area contributed by atoms with Crippen LogP contribution in [0.2, 0.25) is 0 Å². The van der Waals surface area contributed by atoms with Gasteiger partial charge in [-0.25, -0.2) is 8.42 Å². The normalized spacial score (nSPS) is 11.5. The van der Waals surface area contributed by atoms with Gasteiger partial charge in [0.25, 0.3) is 0 Å². The Hall–Kier alpha value is -1.35. The van der Waals surface area contributed by atoms with Gasteiger partial charge in [0.2, 0.25) is 10.0 Å². The van der Waals surface area contributed by atoms with E-state index in [1.54, 1.807) is 0 Å². The van der Waals surface area contributed by atoms with Crippen LogP contribution in [0.5, 0.6) is 0 Å². The maximum atomic E-state index is 12.1. The zero-order valence-electron chi connectivity index (χ0n) is 12.1. The highest BCUT2D eigenvalue weighted by Crippen LogP contribution is 2.11. The average molecular weight is 294 g/mol. The van der Waals surface area contributed by atoms with Crippen molar-refractivity contribution in [2.45, 2.75) is 25.6 Å². The maximum Gasteiger partial charge on any atom is 0.218 e. The first kappa shape index (κ1) is 16.7. The molecule has 0 fully saturated rings. The number of sulfonamides is 1. The number of rotatable bonds is 8. The number of terminal acetylenes is 1. The van der Waals surface area contributed by atoms with Crippen molar-refractivity contribution in [3.05, 3.63) is 35.4 Å². The second-order valence-electron chi connectivity index (χ2n) is 4.71. The van der Waals surface area contributed by atoms with E-state index in [0.717, 1.165) is 30.6 Å². The first-order valence-electron chi connectivity index (χ1n) is 6.65. The first-order valence-corrected chi connectivity index (χ1v) is 8.26. The lowest BCUT2D eigenvalue weighted by Crippen LogP contribution is -2.28. The average Bonchev–Trinajstić information content (AvgIpc) is 2.39. The van der Waals surface area contributed by atoms with Crippen molar-refractivity contribution in [2.24, 2.45) is 0 Å². The largest absolute Gasteiger partial charge is 0.313 e. The molecule has 1 N–H and O–H groups in total. The van der Waals surface area contributed by atoms with Gasteiger partial charge < -0.3 is 5.32 Å². The summed E-state index contributed by atoms with van der Waals surface area (Å²) in [6.45, 7) is 3.91. The van der Waals surface area contributed by atoms with E-state index in [9.17, 15) is 8.42 Å². The molecule has 0 aliphatic rings. The highest BCUT2D eigenvalue weighted by atomic mass is 32.2. The quantitative estimate of drug-likeness (QED) is 0.585. The summed E-state index contributed by atoms with van der Waals surface area (Å²) >= 11 is 0. The van der Waals surface area contributed by atoms with E-state index in [1.165, 1.54) is 11.4 Å². The third-order valence-electron chi connectivity index (χ3n) is 2.89. The van der Waals surface area contributed by atoms with Gasteiger partial charge in [-0.1, -0.05) is 37.1 Å². The van der Waals surface area contributed by atoms with Crippen LogP contribution in [0.25, 0.3) is 0 Å². The van der Waals surface area contributed by atoms with E-state index < -0.39 is 10.0 Å². The lowest BCUT2D eigenvalue weighted by atomic mass is 10.1. The van der Waals surface area contributed by atoms with Crippen LogP contribution in [0.4, 0.5) is 0 Å². The third kappa shape index (κ3) is 5.33. The van der Waals surface area contributed by atoms with Crippen molar-refractivity contribution >= 4 is 10.0 Å². The molecule has 0 heterocycles. The summed E-state index contributed by atoms with van der Waals surface area (Å²) in [5.41, 5.74) is 1.87. The monoisotopic (exact) mass is 294 g/mol. The van der Waals surface area contributed by atoms with E-state index in [1.807, 2.05) is 24.3 Å². The Kier molecular flexibility index (Phi) is 6.73. The fourth-order valence-electron chi connectivity index (χ4n) is 1.79. The molecule has 4 nitrogen and oxygen atoms in total. The Morgan fingerprint density at radius 1 is 1.35 bits per heavy atom. The molecule has 0 spiro atoms. The SMILES string of the molecule is C#CCN(C)S(=O)(=O)Cc1cccc(CNCCC)c1. The summed E-state index contributed by atoms with van der Waals surface area (Å²) in [6, 6.07) is 7.62. The zero-order valence-corrected chi connectivity index (χ0v) is 12.9. The van der Waals surface area contributed by atoms with Crippen molar-refractivity contribution in [1.29, 1.82) is 0 Å². The van der Waals surface area contributed by atoms with E-state index in [0.29, 0.717) is 0 Å². The molecule has 0 aliphatic heterocycles. The Balaban J connectivity index is 2.73. The van der Waals surface area contributed by atoms with Gasteiger partial charge in [0.05, 0.1) is 12.3 Å². The summed E-state index contributed by atoms with van der Waals surface area (Å²) in [7, 11) is -1.85. The van der Waals surface area contributed by atoms with E-state index in [4.69, 9.17) is 6.42 Å². The molecule has 0 amide bonds. The Labute approximate surface area is 122 Å². The van der Waals surface area contributed by atoms with Crippen LogP contribution in [-0.2, 0) is 22.3 Å². The van der Waals surface area contributed by atoms with Gasteiger partial charge in [-0.2, -0.15) is 4.31 Å². The molecule has 1 rings (SSSR count). The van der Waals surface area contributed by atoms with E-state index >= 15 is 0 Å². The molecule has 0 aromatic heterocycles. The summed E-state index contributed by atoms with van der Waals surface area (Å²) in [6.07, 6.45) is 6.22. The first-order chi connectivity index (χ1) is 9.49. The van der Waals surface area contributed by atoms with Crippen LogP contribution in [0.15, 0.2) is 24.3 Å². The molecule has 1 aromatic carbocycles. The molecule has 1 aromatic rings. The number of nitrogens with one attached hydrogen (secondary N) is 1. The van der Waals surface area contributed by atoms with Crippen molar-refractivity contribution in [2.75, 3.05) is 20.1 Å². The van der Waals surface area contributed by atoms with Crippen molar-refractivity contribution < 1.29 is 8.42 Å². The van der Waals surface area contributed by atoms with Gasteiger partial charge in [-0.3, -0.25) is 0 Å². The van der Waals surface area contributed by atoms with Gasteiger partial charge in [0.15, 0.2) is 0 Å². The van der Waals surface area contributed by atoms with Crippen LogP contribution in [0.1, 0.15) is 24.5 Å². The molecular weight excluding hydrogens is 272 g/mol. The molecule has 110 valence electrons. The molecular formula is C15H22N2O2S. The predicted octanol–water partition coefficient (Wildman–Crippen LogP) is 1.58. The lowest BCUT2D eigenvalue weighted by Gasteiger charge is -2.14. The lowest BCUT2D eigenvalue weighted by molar-refractivity contribution is 0.502. The topological polar surface area (TPSA) is 49.4 Å². The Bertz CT molecular complexity index is 561. The molecule has 0 saturated heterocycles. The zero-order chi connectivity index (χ0) is 15.0. The highest BCUT2D eigenvalue weighted by molar-refractivity contribution is 7.88. The van der Waals surface area contributed by atoms with E-state index in [-0.39, 0.29) is 12.3 Å². The smallest absolute Gasteiger partial charge is 0.218 e. The third-order valence-corrected chi connectivity index (χ3v) is 4.66. The predicted molar refractivity (Wildman–Crippen MR) is 82.5 cm³/mol. The Morgan fingerprint density at radius 2 is 2.05 bits per heavy atom. The second kappa shape index (κ2) is 8.05. The van der Waals surface area contributed by atoms with E-state index in [2.05, 4.69) is 18.2 Å². The molecule has 0 atom stereocenters. The standard InChI is InChI=1S/C15H22N2O2S/c1-4-9-16-12-14-7-6-8-15(11-14)13-20(18,19)17(3)10-5-2/h2,6-8,11,16H,4,9-10,12-13H2,1,3H3. The minimum atomic E-state index is -3.35. The van der Waals surface area contributed by atoms with Crippen LogP contribution in [-0.4, -0.2) is 32.9 Å². The minimum absolute atomic E-state index is 0.0210. The number of hydrogen-bond acceptors (Lipinski definition) is 3. The van der Waals surface area contributed by atoms with Crippen LogP contribution in [0.3, 0.4) is 0 Å². The molecule has 20 heavy (non-hydrogen) atoms. The fourth-order valence-corrected chi connectivity index (χ4v) is 2.88. The maximum absolute atomic E-state index is 12.1. The van der Waals surface area contributed by atoms with Crippen LogP contribution in [0, 0.1) is 12.3 Å². The van der Waals surface area contributed by atoms with Gasteiger partial charge in [-0.15, -0.1) is 6.42 Å². The number of hydrogen-bond donors (Lipinski definition) is 1. The summed E-state index contributed by atoms with van der Waals surface area (Å²) in [5, 5.41) is 3.30. The molecule has 0 bridgehead atoms. The number of nitrogens with zero attached hydrogens (tertiary/aromatic N) is 1. The van der Waals surface area contributed by atoms with Crippen molar-refractivity contribution in [3.8, 4) is 12.3 Å². The molecule has 0 radical (unpaired) electrons. The molecule has 0 unspecified atom stereocenters. The van der Waals surface area contributed by atoms with Gasteiger partial charge in [0.1, 0.15) is 0 Å². The fraction of sp³-hybridized carbons (Fsp3) is 0.467. The molecule has 5 heteroatoms. The van der Waals surface area contributed by atoms with Crippen molar-refractivity contribution in [1.82, 2.24) is 9.62 Å². The van der Waals surface area contributed by atoms with Crippen molar-refractivity contribution in [3.63, 3.8) is 0 Å². The summed E-state index contributed by atoms with van der Waals surface area (Å²) < 4.78 is 25.4. The van der Waals surface area contributed by atoms with Gasteiger partial charge in [0, 0.05) is 13.6 Å². The number of benzene rings is 1. The van der Waals surface area contributed by atoms with Gasteiger partial charge in [-0.05, 0) is 24.1 Å². The summed E-state index contributed by atoms with van der Waals surface area (Å²) in [4.78, 5) is 0. The minimum Gasteiger partial charge on any atom is -0.313 e. The van der Waals surface area contributed by atoms with Crippen LogP contribution >= 0.6 is 0 Å². The molecule has 0 saturated carbocycles. The van der Waals surface area contributed by atoms with Gasteiger partial charge >= 0.3 is 0 Å². The van der Waals surface area contributed by atoms with Crippen LogP contribution < -0.4 is 5.32 Å². The molecule has 0 aliphatic carbocycles.